The number of likely N-dealkylation sites (N-methyl/N-ethyl adjacent to an activating group) is 1. The van der Waals surface area contributed by atoms with E-state index in [1.807, 2.05) is 24.3 Å². The van der Waals surface area contributed by atoms with E-state index >= 15 is 0 Å². The van der Waals surface area contributed by atoms with Gasteiger partial charge in [-0.05, 0) is 99.3 Å². The molecule has 9 heteroatoms. The Morgan fingerprint density at radius 2 is 1.78 bits per heavy atom. The molecule has 0 bridgehead atoms. The van der Waals surface area contributed by atoms with E-state index in [2.05, 4.69) is 18.7 Å². The highest BCUT2D eigenvalue weighted by molar-refractivity contribution is 7.13. The van der Waals surface area contributed by atoms with Crippen LogP contribution in [0.1, 0.15) is 59.6 Å². The number of ether oxygens (including phenoxy) is 1. The molecule has 1 saturated carbocycles. The fraction of sp³-hybridized carbons (Fsp3) is 0.593. The Labute approximate surface area is 240 Å². The van der Waals surface area contributed by atoms with E-state index < -0.39 is 0 Å². The first-order valence-corrected chi connectivity index (χ1v) is 14.6. The lowest BCUT2D eigenvalue weighted by atomic mass is 9.85. The monoisotopic (exact) mass is 595 g/mol. The van der Waals surface area contributed by atoms with Crippen LogP contribution < -0.4 is 0 Å². The Morgan fingerprint density at radius 3 is 2.44 bits per heavy atom. The Morgan fingerprint density at radius 1 is 1.08 bits per heavy atom. The Balaban J connectivity index is 0.00000456. The van der Waals surface area contributed by atoms with E-state index in [4.69, 9.17) is 39.5 Å². The summed E-state index contributed by atoms with van der Waals surface area (Å²) in [6.45, 7) is 7.29. The quantitative estimate of drug-likeness (QED) is 0.192. The van der Waals surface area contributed by atoms with Crippen molar-refractivity contribution in [3.63, 3.8) is 0 Å². The van der Waals surface area contributed by atoms with Crippen LogP contribution in [-0.4, -0.2) is 53.7 Å². The van der Waals surface area contributed by atoms with Gasteiger partial charge in [-0.3, -0.25) is 0 Å². The highest BCUT2D eigenvalue weighted by Crippen LogP contribution is 2.42. The number of aliphatic hydroxyl groups excluding tert-OH is 1. The first kappa shape index (κ1) is 31.7. The van der Waals surface area contributed by atoms with E-state index in [0.29, 0.717) is 28.0 Å². The zero-order chi connectivity index (χ0) is 25.4. The molecule has 2 aromatic rings. The molecule has 1 N–H and O–H groups in total. The summed E-state index contributed by atoms with van der Waals surface area (Å²) in [4.78, 5) is 16.4. The fourth-order valence-corrected chi connectivity index (χ4v) is 7.05. The maximum atomic E-state index is 12.4. The third kappa shape index (κ3) is 9.34. The van der Waals surface area contributed by atoms with E-state index in [0.717, 1.165) is 57.3 Å². The predicted molar refractivity (Wildman–Crippen MR) is 155 cm³/mol. The van der Waals surface area contributed by atoms with Crippen LogP contribution in [0.5, 0.6) is 0 Å². The van der Waals surface area contributed by atoms with Gasteiger partial charge in [0.1, 0.15) is 11.5 Å². The van der Waals surface area contributed by atoms with E-state index in [9.17, 15) is 9.90 Å². The van der Waals surface area contributed by atoms with Crippen molar-refractivity contribution in [1.82, 2.24) is 4.90 Å². The molecule has 3 rings (SSSR count). The fourth-order valence-electron chi connectivity index (χ4n) is 5.04. The standard InChI is InChI=1S/C27H36Cl3NO3S.ClH/c1-3-31(4-2)12-13-34-27(33)26-11-9-21(35-26)6-5-7-22-23(25(32)17-24(22)30)10-8-18-14-19(28)16-20(29)15-18;/h9,11,14-16,22-25,32H,3-8,10,12-13,17H2,1-2H3;1H/t22-,23-,24-,25-;/m1./s1. The first-order chi connectivity index (χ1) is 16.8. The van der Waals surface area contributed by atoms with Gasteiger partial charge < -0.3 is 14.7 Å². The summed E-state index contributed by atoms with van der Waals surface area (Å²) < 4.78 is 5.45. The van der Waals surface area contributed by atoms with E-state index in [1.54, 1.807) is 6.07 Å². The molecule has 1 aliphatic carbocycles. The second-order valence-electron chi connectivity index (χ2n) is 9.28. The number of carbonyl (C=O) groups excluding carboxylic acids is 1. The number of aryl methyl sites for hydroxylation is 2. The van der Waals surface area contributed by atoms with Crippen molar-refractivity contribution in [2.45, 2.75) is 63.9 Å². The average Bonchev–Trinajstić information content (AvgIpc) is 3.39. The lowest BCUT2D eigenvalue weighted by Gasteiger charge is -2.23. The van der Waals surface area contributed by atoms with Gasteiger partial charge in [0.05, 0.1) is 6.10 Å². The maximum Gasteiger partial charge on any atom is 0.348 e. The SMILES string of the molecule is CCN(CC)CCOC(=O)c1ccc(CCC[C@@H]2[C@@H](CCc3cc(Cl)cc(Cl)c3)[C@H](O)C[C@H]2Cl)s1.Cl. The predicted octanol–water partition coefficient (Wildman–Crippen LogP) is 7.54. The van der Waals surface area contributed by atoms with Gasteiger partial charge in [-0.15, -0.1) is 35.3 Å². The minimum atomic E-state index is -0.378. The van der Waals surface area contributed by atoms with Crippen LogP contribution in [0.25, 0.3) is 0 Å². The molecular formula is C27H37Cl4NO3S. The molecule has 4 atom stereocenters. The van der Waals surface area contributed by atoms with Crippen LogP contribution in [0, 0.1) is 11.8 Å². The number of carbonyl (C=O) groups is 1. The smallest absolute Gasteiger partial charge is 0.348 e. The van der Waals surface area contributed by atoms with Gasteiger partial charge in [0, 0.05) is 26.8 Å². The highest BCUT2D eigenvalue weighted by atomic mass is 35.5. The normalized spacial score (nSPS) is 21.5. The summed E-state index contributed by atoms with van der Waals surface area (Å²) in [5.74, 6) is 0.190. The summed E-state index contributed by atoms with van der Waals surface area (Å²) in [6.07, 6.45) is 4.74. The number of hydrogen-bond donors (Lipinski definition) is 1. The van der Waals surface area contributed by atoms with Crippen LogP contribution in [0.15, 0.2) is 30.3 Å². The molecule has 1 aromatic carbocycles. The third-order valence-corrected chi connectivity index (χ3v) is 9.09. The lowest BCUT2D eigenvalue weighted by Crippen LogP contribution is -2.27. The second kappa shape index (κ2) is 15.8. The summed E-state index contributed by atoms with van der Waals surface area (Å²) in [5, 5.41) is 11.9. The molecule has 1 heterocycles. The molecule has 0 unspecified atom stereocenters. The zero-order valence-corrected chi connectivity index (χ0v) is 24.8. The summed E-state index contributed by atoms with van der Waals surface area (Å²) in [6, 6.07) is 9.49. The zero-order valence-electron chi connectivity index (χ0n) is 20.9. The van der Waals surface area contributed by atoms with Crippen LogP contribution in [0.3, 0.4) is 0 Å². The number of rotatable bonds is 13. The molecule has 0 aliphatic heterocycles. The number of alkyl halides is 1. The van der Waals surface area contributed by atoms with Crippen LogP contribution in [0.2, 0.25) is 10.0 Å². The van der Waals surface area contributed by atoms with Crippen molar-refractivity contribution in [2.24, 2.45) is 11.8 Å². The summed E-state index contributed by atoms with van der Waals surface area (Å²) >= 11 is 20.4. The van der Waals surface area contributed by atoms with Gasteiger partial charge in [0.2, 0.25) is 0 Å². The Bertz CT molecular complexity index is 933. The largest absolute Gasteiger partial charge is 0.460 e. The molecule has 1 fully saturated rings. The van der Waals surface area contributed by atoms with Crippen molar-refractivity contribution in [3.8, 4) is 0 Å². The number of thiophene rings is 1. The van der Waals surface area contributed by atoms with Gasteiger partial charge in [0.15, 0.2) is 0 Å². The number of aliphatic hydroxyl groups is 1. The van der Waals surface area contributed by atoms with Crippen LogP contribution in [-0.2, 0) is 17.6 Å². The molecule has 36 heavy (non-hydrogen) atoms. The van der Waals surface area contributed by atoms with Crippen molar-refractivity contribution >= 4 is 64.5 Å². The molecule has 0 radical (unpaired) electrons. The first-order valence-electron chi connectivity index (χ1n) is 12.6. The number of nitrogens with zero attached hydrogens (tertiary/aromatic N) is 1. The Kier molecular flexibility index (Phi) is 13.9. The van der Waals surface area contributed by atoms with Gasteiger partial charge in [0.25, 0.3) is 0 Å². The van der Waals surface area contributed by atoms with Crippen molar-refractivity contribution in [1.29, 1.82) is 0 Å². The molecule has 1 aromatic heterocycles. The van der Waals surface area contributed by atoms with Crippen molar-refractivity contribution in [3.05, 3.63) is 55.7 Å². The van der Waals surface area contributed by atoms with Gasteiger partial charge >= 0.3 is 5.97 Å². The molecule has 0 saturated heterocycles. The lowest BCUT2D eigenvalue weighted by molar-refractivity contribution is 0.0472. The van der Waals surface area contributed by atoms with Crippen molar-refractivity contribution < 1.29 is 14.6 Å². The second-order valence-corrected chi connectivity index (χ2v) is 11.9. The topological polar surface area (TPSA) is 49.8 Å². The van der Waals surface area contributed by atoms with E-state index in [1.165, 1.54) is 16.2 Å². The third-order valence-electron chi connectivity index (χ3n) is 7.02. The maximum absolute atomic E-state index is 12.4. The van der Waals surface area contributed by atoms with Gasteiger partial charge in [-0.25, -0.2) is 4.79 Å². The number of benzene rings is 1. The van der Waals surface area contributed by atoms with Gasteiger partial charge in [-0.2, -0.15) is 0 Å². The van der Waals surface area contributed by atoms with E-state index in [-0.39, 0.29) is 41.7 Å². The number of hydrogen-bond acceptors (Lipinski definition) is 5. The Hall–Kier alpha value is -0.530. The number of halogens is 4. The van der Waals surface area contributed by atoms with Crippen LogP contribution >= 0.6 is 58.5 Å². The highest BCUT2D eigenvalue weighted by Gasteiger charge is 2.40. The summed E-state index contributed by atoms with van der Waals surface area (Å²) in [7, 11) is 0. The minimum absolute atomic E-state index is 0. The average molecular weight is 597 g/mol. The molecule has 202 valence electrons. The summed E-state index contributed by atoms with van der Waals surface area (Å²) in [5.41, 5.74) is 1.08. The number of esters is 1. The molecule has 1 aliphatic rings. The molecule has 0 spiro atoms. The molecular weight excluding hydrogens is 560 g/mol. The van der Waals surface area contributed by atoms with Crippen molar-refractivity contribution in [2.75, 3.05) is 26.2 Å². The molecule has 0 amide bonds. The van der Waals surface area contributed by atoms with Crippen LogP contribution in [0.4, 0.5) is 0 Å². The van der Waals surface area contributed by atoms with Gasteiger partial charge in [-0.1, -0.05) is 37.0 Å². The minimum Gasteiger partial charge on any atom is -0.460 e. The molecule has 4 nitrogen and oxygen atoms in total.